The van der Waals surface area contributed by atoms with Gasteiger partial charge >= 0.3 is 12.1 Å². The minimum Gasteiger partial charge on any atom is -0.456 e. The zero-order chi connectivity index (χ0) is 26.7. The van der Waals surface area contributed by atoms with E-state index < -0.39 is 45.2 Å². The van der Waals surface area contributed by atoms with Gasteiger partial charge in [-0.3, -0.25) is 19.8 Å². The molecule has 0 aliphatic heterocycles. The summed E-state index contributed by atoms with van der Waals surface area (Å²) in [5, 5.41) is 11.8. The van der Waals surface area contributed by atoms with E-state index >= 15 is 0 Å². The van der Waals surface area contributed by atoms with Gasteiger partial charge in [-0.25, -0.2) is 9.59 Å². The molecule has 186 valence electrons. The maximum atomic E-state index is 12.8. The summed E-state index contributed by atoms with van der Waals surface area (Å²) in [7, 11) is 1.56. The van der Waals surface area contributed by atoms with E-state index in [1.165, 1.54) is 23.1 Å². The highest BCUT2D eigenvalue weighted by Crippen LogP contribution is 2.31. The molecule has 35 heavy (non-hydrogen) atoms. The molecule has 0 N–H and O–H groups in total. The molecular formula is C26H30N2O7. The van der Waals surface area contributed by atoms with Crippen molar-refractivity contribution in [2.45, 2.75) is 52.7 Å². The van der Waals surface area contributed by atoms with Gasteiger partial charge < -0.3 is 9.47 Å². The normalized spacial score (nSPS) is 11.4. The van der Waals surface area contributed by atoms with Gasteiger partial charge in [-0.2, -0.15) is 0 Å². The molecule has 2 rings (SSSR count). The fraction of sp³-hybridized carbons (Fsp3) is 0.346. The minimum atomic E-state index is -0.946. The summed E-state index contributed by atoms with van der Waals surface area (Å²) in [6.07, 6.45) is -0.553. The van der Waals surface area contributed by atoms with E-state index in [9.17, 15) is 24.5 Å². The highest BCUT2D eigenvalue weighted by Gasteiger charge is 2.29. The van der Waals surface area contributed by atoms with Gasteiger partial charge in [0.1, 0.15) is 22.3 Å². The quantitative estimate of drug-likeness (QED) is 0.0984. The first-order valence-corrected chi connectivity index (χ1v) is 10.8. The van der Waals surface area contributed by atoms with E-state index in [-0.39, 0.29) is 5.56 Å². The second-order valence-electron chi connectivity index (χ2n) is 9.89. The van der Waals surface area contributed by atoms with Crippen molar-refractivity contribution in [2.24, 2.45) is 0 Å². The Morgan fingerprint density at radius 2 is 1.49 bits per heavy atom. The molecule has 0 bridgehead atoms. The van der Waals surface area contributed by atoms with Crippen LogP contribution in [0.5, 0.6) is 0 Å². The lowest BCUT2D eigenvalue weighted by atomic mass is 9.97. The summed E-state index contributed by atoms with van der Waals surface area (Å²) in [4.78, 5) is 49.8. The van der Waals surface area contributed by atoms with Crippen LogP contribution in [0.3, 0.4) is 0 Å². The van der Waals surface area contributed by atoms with Crippen LogP contribution in [-0.4, -0.2) is 41.0 Å². The lowest BCUT2D eigenvalue weighted by Crippen LogP contribution is -2.34. The Kier molecular flexibility index (Phi) is 7.85. The van der Waals surface area contributed by atoms with Crippen molar-refractivity contribution in [3.8, 4) is 11.1 Å². The SMILES string of the molecule is C=C(C(=O)OC(C)(C)C)C(=O)c1ccc(-c2cccc(N(C)C(=O)OC(C)(C)C)c2)cc1[N+](=O)[O-]. The van der Waals surface area contributed by atoms with Crippen molar-refractivity contribution in [1.82, 2.24) is 0 Å². The number of nitro benzene ring substituents is 1. The van der Waals surface area contributed by atoms with Crippen molar-refractivity contribution < 1.29 is 28.8 Å². The summed E-state index contributed by atoms with van der Waals surface area (Å²) in [6.45, 7) is 13.6. The number of ether oxygens (including phenoxy) is 2. The van der Waals surface area contributed by atoms with Gasteiger partial charge in [0, 0.05) is 18.8 Å². The van der Waals surface area contributed by atoms with Gasteiger partial charge in [0.2, 0.25) is 5.78 Å². The fourth-order valence-corrected chi connectivity index (χ4v) is 2.98. The monoisotopic (exact) mass is 482 g/mol. The molecule has 0 fully saturated rings. The largest absolute Gasteiger partial charge is 0.456 e. The van der Waals surface area contributed by atoms with Crippen molar-refractivity contribution in [2.75, 3.05) is 11.9 Å². The third-order valence-corrected chi connectivity index (χ3v) is 4.59. The Morgan fingerprint density at radius 1 is 0.914 bits per heavy atom. The Balaban J connectivity index is 2.40. The van der Waals surface area contributed by atoms with Crippen LogP contribution in [0.15, 0.2) is 54.6 Å². The number of amides is 1. The van der Waals surface area contributed by atoms with E-state index in [4.69, 9.17) is 9.47 Å². The van der Waals surface area contributed by atoms with E-state index in [2.05, 4.69) is 6.58 Å². The second kappa shape index (κ2) is 10.1. The van der Waals surface area contributed by atoms with Crippen molar-refractivity contribution in [1.29, 1.82) is 0 Å². The highest BCUT2D eigenvalue weighted by molar-refractivity contribution is 6.25. The fourth-order valence-electron chi connectivity index (χ4n) is 2.98. The first-order valence-electron chi connectivity index (χ1n) is 10.8. The standard InChI is InChI=1S/C26H30N2O7/c1-16(23(30)34-25(2,3)4)22(29)20-13-12-18(15-21(20)28(32)33)17-10-9-11-19(14-17)27(8)24(31)35-26(5,6)7/h9-15H,1H2,2-8H3. The van der Waals surface area contributed by atoms with Crippen LogP contribution in [-0.2, 0) is 14.3 Å². The molecular weight excluding hydrogens is 452 g/mol. The van der Waals surface area contributed by atoms with Crippen molar-refractivity contribution in [3.63, 3.8) is 0 Å². The summed E-state index contributed by atoms with van der Waals surface area (Å²) in [5.41, 5.74) is -1.26. The first kappa shape index (κ1) is 27.2. The predicted molar refractivity (Wildman–Crippen MR) is 132 cm³/mol. The number of anilines is 1. The maximum absolute atomic E-state index is 12.8. The molecule has 0 atom stereocenters. The van der Waals surface area contributed by atoms with Gasteiger partial charge in [0.15, 0.2) is 0 Å². The van der Waals surface area contributed by atoms with Crippen molar-refractivity contribution >= 4 is 29.2 Å². The van der Waals surface area contributed by atoms with E-state index in [0.29, 0.717) is 16.8 Å². The molecule has 0 saturated carbocycles. The molecule has 1 amide bonds. The summed E-state index contributed by atoms with van der Waals surface area (Å²) in [5.74, 6) is -1.84. The zero-order valence-electron chi connectivity index (χ0n) is 21.0. The number of Topliss-reactive ketones (excluding diaryl/α,β-unsaturated/α-hetero) is 1. The van der Waals surface area contributed by atoms with Crippen LogP contribution in [0.1, 0.15) is 51.9 Å². The summed E-state index contributed by atoms with van der Waals surface area (Å²) < 4.78 is 10.5. The smallest absolute Gasteiger partial charge is 0.414 e. The molecule has 0 heterocycles. The number of carbonyl (C=O) groups excluding carboxylic acids is 3. The molecule has 9 heteroatoms. The number of ketones is 1. The van der Waals surface area contributed by atoms with Crippen LogP contribution in [0.25, 0.3) is 11.1 Å². The van der Waals surface area contributed by atoms with Crippen LogP contribution in [0.2, 0.25) is 0 Å². The molecule has 2 aromatic carbocycles. The molecule has 0 saturated heterocycles. The number of esters is 1. The molecule has 0 aromatic heterocycles. The number of rotatable bonds is 6. The predicted octanol–water partition coefficient (Wildman–Crippen LogP) is 5.71. The molecule has 0 spiro atoms. The molecule has 9 nitrogen and oxygen atoms in total. The Bertz CT molecular complexity index is 1190. The third-order valence-electron chi connectivity index (χ3n) is 4.59. The Hall–Kier alpha value is -4.01. The number of hydrogen-bond acceptors (Lipinski definition) is 7. The minimum absolute atomic E-state index is 0.281. The van der Waals surface area contributed by atoms with E-state index in [1.807, 2.05) is 0 Å². The number of nitro groups is 1. The zero-order valence-corrected chi connectivity index (χ0v) is 21.0. The van der Waals surface area contributed by atoms with Crippen LogP contribution >= 0.6 is 0 Å². The molecule has 0 unspecified atom stereocenters. The lowest BCUT2D eigenvalue weighted by Gasteiger charge is -2.25. The highest BCUT2D eigenvalue weighted by atomic mass is 16.6. The lowest BCUT2D eigenvalue weighted by molar-refractivity contribution is -0.385. The van der Waals surface area contributed by atoms with Gasteiger partial charge in [-0.1, -0.05) is 24.8 Å². The molecule has 2 aromatic rings. The first-order chi connectivity index (χ1) is 16.0. The van der Waals surface area contributed by atoms with Gasteiger partial charge in [-0.15, -0.1) is 0 Å². The maximum Gasteiger partial charge on any atom is 0.414 e. The third kappa shape index (κ3) is 7.23. The van der Waals surface area contributed by atoms with Crippen LogP contribution < -0.4 is 4.90 Å². The number of benzene rings is 2. The van der Waals surface area contributed by atoms with Gasteiger partial charge in [0.25, 0.3) is 5.69 Å². The topological polar surface area (TPSA) is 116 Å². The van der Waals surface area contributed by atoms with Crippen LogP contribution in [0, 0.1) is 10.1 Å². The summed E-state index contributed by atoms with van der Waals surface area (Å²) >= 11 is 0. The number of carbonyl (C=O) groups is 3. The molecule has 0 radical (unpaired) electrons. The second-order valence-corrected chi connectivity index (χ2v) is 9.89. The summed E-state index contributed by atoms with van der Waals surface area (Å²) in [6, 6.07) is 10.8. The van der Waals surface area contributed by atoms with E-state index in [1.54, 1.807) is 72.9 Å². The van der Waals surface area contributed by atoms with Crippen molar-refractivity contribution in [3.05, 3.63) is 70.3 Å². The Morgan fingerprint density at radius 3 is 2.03 bits per heavy atom. The molecule has 0 aliphatic carbocycles. The Labute approximate surface area is 204 Å². The number of nitrogens with zero attached hydrogens (tertiary/aromatic N) is 2. The van der Waals surface area contributed by atoms with E-state index in [0.717, 1.165) is 0 Å². The average molecular weight is 483 g/mol. The average Bonchev–Trinajstić information content (AvgIpc) is 2.74. The van der Waals surface area contributed by atoms with Gasteiger partial charge in [-0.05, 0) is 70.9 Å². The molecule has 0 aliphatic rings. The van der Waals surface area contributed by atoms with Crippen LogP contribution in [0.4, 0.5) is 16.2 Å². The van der Waals surface area contributed by atoms with Gasteiger partial charge in [0.05, 0.1) is 4.92 Å². The number of hydrogen-bond donors (Lipinski definition) is 0.